The maximum absolute atomic E-state index is 12.1. The molecule has 1 rings (SSSR count). The molecule has 3 N–H and O–H groups in total. The molecule has 0 spiro atoms. The SMILES string of the molecule is Cc1sc(NC(=O)C[C@@H](CN)CC(C)C)c(C#N)c1C. The van der Waals surface area contributed by atoms with Gasteiger partial charge in [0, 0.05) is 11.3 Å². The number of nitriles is 1. The highest BCUT2D eigenvalue weighted by atomic mass is 32.1. The molecule has 110 valence electrons. The lowest BCUT2D eigenvalue weighted by atomic mass is 9.94. The van der Waals surface area contributed by atoms with Crippen LogP contribution in [0.15, 0.2) is 0 Å². The summed E-state index contributed by atoms with van der Waals surface area (Å²) in [5.41, 5.74) is 7.24. The monoisotopic (exact) mass is 293 g/mol. The van der Waals surface area contributed by atoms with Gasteiger partial charge in [-0.25, -0.2) is 0 Å². The van der Waals surface area contributed by atoms with Gasteiger partial charge < -0.3 is 11.1 Å². The van der Waals surface area contributed by atoms with Gasteiger partial charge in [-0.15, -0.1) is 11.3 Å². The van der Waals surface area contributed by atoms with Crippen LogP contribution in [-0.2, 0) is 4.79 Å². The Bertz CT molecular complexity index is 514. The molecular weight excluding hydrogens is 270 g/mol. The van der Waals surface area contributed by atoms with Crippen molar-refractivity contribution < 1.29 is 4.79 Å². The summed E-state index contributed by atoms with van der Waals surface area (Å²) >= 11 is 1.46. The second-order valence-corrected chi connectivity index (χ2v) is 6.81. The van der Waals surface area contributed by atoms with Crippen molar-refractivity contribution in [2.45, 2.75) is 40.5 Å². The summed E-state index contributed by atoms with van der Waals surface area (Å²) in [7, 11) is 0. The summed E-state index contributed by atoms with van der Waals surface area (Å²) < 4.78 is 0. The quantitative estimate of drug-likeness (QED) is 0.845. The molecule has 4 nitrogen and oxygen atoms in total. The van der Waals surface area contributed by atoms with Crippen LogP contribution in [0.4, 0.5) is 5.00 Å². The normalized spacial score (nSPS) is 12.2. The number of rotatable bonds is 6. The third-order valence-electron chi connectivity index (χ3n) is 3.36. The van der Waals surface area contributed by atoms with Crippen molar-refractivity contribution in [2.24, 2.45) is 17.6 Å². The molecular formula is C15H23N3OS. The van der Waals surface area contributed by atoms with Gasteiger partial charge in [0.15, 0.2) is 0 Å². The molecule has 1 amide bonds. The Morgan fingerprint density at radius 1 is 1.45 bits per heavy atom. The lowest BCUT2D eigenvalue weighted by Gasteiger charge is -2.16. The predicted octanol–water partition coefficient (Wildman–Crippen LogP) is 3.19. The zero-order valence-corrected chi connectivity index (χ0v) is 13.4. The van der Waals surface area contributed by atoms with E-state index in [4.69, 9.17) is 11.0 Å². The van der Waals surface area contributed by atoms with E-state index in [0.717, 1.165) is 16.9 Å². The molecule has 1 heterocycles. The molecule has 20 heavy (non-hydrogen) atoms. The van der Waals surface area contributed by atoms with Crippen molar-refractivity contribution in [3.63, 3.8) is 0 Å². The van der Waals surface area contributed by atoms with Crippen molar-refractivity contribution in [2.75, 3.05) is 11.9 Å². The second-order valence-electron chi connectivity index (χ2n) is 5.58. The Hall–Kier alpha value is -1.38. The van der Waals surface area contributed by atoms with Crippen LogP contribution in [0, 0.1) is 37.0 Å². The van der Waals surface area contributed by atoms with Crippen LogP contribution in [0.5, 0.6) is 0 Å². The molecule has 0 unspecified atom stereocenters. The molecule has 0 saturated carbocycles. The second kappa shape index (κ2) is 7.41. The first-order valence-electron chi connectivity index (χ1n) is 6.89. The summed E-state index contributed by atoms with van der Waals surface area (Å²) in [5.74, 6) is 0.666. The van der Waals surface area contributed by atoms with Crippen LogP contribution in [0.3, 0.4) is 0 Å². The smallest absolute Gasteiger partial charge is 0.225 e. The van der Waals surface area contributed by atoms with Crippen LogP contribution in [0.2, 0.25) is 0 Å². The third-order valence-corrected chi connectivity index (χ3v) is 4.48. The van der Waals surface area contributed by atoms with Gasteiger partial charge in [-0.05, 0) is 44.2 Å². The fourth-order valence-corrected chi connectivity index (χ4v) is 3.25. The van der Waals surface area contributed by atoms with E-state index in [0.29, 0.717) is 29.4 Å². The van der Waals surface area contributed by atoms with E-state index >= 15 is 0 Å². The van der Waals surface area contributed by atoms with Gasteiger partial charge in [0.25, 0.3) is 0 Å². The molecule has 0 bridgehead atoms. The molecule has 5 heteroatoms. The minimum Gasteiger partial charge on any atom is -0.330 e. The van der Waals surface area contributed by atoms with Gasteiger partial charge in [0.05, 0.1) is 5.56 Å². The van der Waals surface area contributed by atoms with E-state index in [1.165, 1.54) is 11.3 Å². The number of carbonyl (C=O) groups is 1. The fourth-order valence-electron chi connectivity index (χ4n) is 2.22. The molecule has 1 atom stereocenters. The molecule has 0 aliphatic heterocycles. The number of hydrogen-bond acceptors (Lipinski definition) is 4. The van der Waals surface area contributed by atoms with Gasteiger partial charge in [-0.1, -0.05) is 13.8 Å². The predicted molar refractivity (Wildman–Crippen MR) is 83.8 cm³/mol. The minimum atomic E-state index is -0.0566. The van der Waals surface area contributed by atoms with Crippen LogP contribution in [0.25, 0.3) is 0 Å². The van der Waals surface area contributed by atoms with E-state index in [2.05, 4.69) is 25.2 Å². The molecule has 0 aliphatic carbocycles. The van der Waals surface area contributed by atoms with Crippen molar-refractivity contribution in [3.05, 3.63) is 16.0 Å². The first-order chi connectivity index (χ1) is 9.38. The van der Waals surface area contributed by atoms with E-state index < -0.39 is 0 Å². The van der Waals surface area contributed by atoms with E-state index in [-0.39, 0.29) is 11.8 Å². The van der Waals surface area contributed by atoms with Crippen LogP contribution >= 0.6 is 11.3 Å². The Kier molecular flexibility index (Phi) is 6.18. The first-order valence-corrected chi connectivity index (χ1v) is 7.70. The molecule has 0 aromatic carbocycles. The molecule has 0 radical (unpaired) electrons. The summed E-state index contributed by atoms with van der Waals surface area (Å²) in [6.45, 7) is 8.62. The minimum absolute atomic E-state index is 0.0566. The Morgan fingerprint density at radius 3 is 2.60 bits per heavy atom. The van der Waals surface area contributed by atoms with Gasteiger partial charge in [0.1, 0.15) is 11.1 Å². The molecule has 0 aliphatic rings. The van der Waals surface area contributed by atoms with Crippen LogP contribution in [-0.4, -0.2) is 12.5 Å². The molecule has 0 fully saturated rings. The zero-order valence-electron chi connectivity index (χ0n) is 12.6. The largest absolute Gasteiger partial charge is 0.330 e. The average Bonchev–Trinajstić information content (AvgIpc) is 2.62. The maximum atomic E-state index is 12.1. The van der Waals surface area contributed by atoms with Crippen molar-refractivity contribution in [3.8, 4) is 6.07 Å². The Morgan fingerprint density at radius 2 is 2.10 bits per heavy atom. The number of nitrogens with two attached hydrogens (primary N) is 1. The van der Waals surface area contributed by atoms with E-state index in [9.17, 15) is 4.79 Å². The highest BCUT2D eigenvalue weighted by Gasteiger charge is 2.18. The lowest BCUT2D eigenvalue weighted by Crippen LogP contribution is -2.23. The van der Waals surface area contributed by atoms with Gasteiger partial charge in [-0.2, -0.15) is 5.26 Å². The molecule has 0 saturated heterocycles. The standard InChI is InChI=1S/C15H23N3OS/c1-9(2)5-12(7-16)6-14(19)18-15-13(8-17)10(3)11(4)20-15/h9,12H,5-7,16H2,1-4H3,(H,18,19)/t12-/m0/s1. The highest BCUT2D eigenvalue weighted by molar-refractivity contribution is 7.16. The maximum Gasteiger partial charge on any atom is 0.225 e. The van der Waals surface area contributed by atoms with Crippen LogP contribution in [0.1, 0.15) is 42.7 Å². The fraction of sp³-hybridized carbons (Fsp3) is 0.600. The van der Waals surface area contributed by atoms with E-state index in [1.807, 2.05) is 13.8 Å². The van der Waals surface area contributed by atoms with Gasteiger partial charge in [-0.3, -0.25) is 4.79 Å². The number of nitrogens with zero attached hydrogens (tertiary/aromatic N) is 1. The molecule has 1 aromatic heterocycles. The number of nitrogens with one attached hydrogen (secondary N) is 1. The average molecular weight is 293 g/mol. The van der Waals surface area contributed by atoms with Crippen molar-refractivity contribution in [1.82, 2.24) is 0 Å². The van der Waals surface area contributed by atoms with Crippen molar-refractivity contribution in [1.29, 1.82) is 5.26 Å². The topological polar surface area (TPSA) is 78.9 Å². The summed E-state index contributed by atoms with van der Waals surface area (Å²) in [6, 6.07) is 2.16. The van der Waals surface area contributed by atoms with Crippen molar-refractivity contribution >= 4 is 22.2 Å². The van der Waals surface area contributed by atoms with Gasteiger partial charge >= 0.3 is 0 Å². The number of hydrogen-bond donors (Lipinski definition) is 2. The highest BCUT2D eigenvalue weighted by Crippen LogP contribution is 2.31. The number of anilines is 1. The number of carbonyl (C=O) groups excluding carboxylic acids is 1. The lowest BCUT2D eigenvalue weighted by molar-refractivity contribution is -0.117. The Balaban J connectivity index is 2.72. The summed E-state index contributed by atoms with van der Waals surface area (Å²) in [4.78, 5) is 13.1. The van der Waals surface area contributed by atoms with E-state index in [1.54, 1.807) is 0 Å². The summed E-state index contributed by atoms with van der Waals surface area (Å²) in [5, 5.41) is 12.7. The molecule has 1 aromatic rings. The number of amides is 1. The Labute approximate surface area is 125 Å². The zero-order chi connectivity index (χ0) is 15.3. The first kappa shape index (κ1) is 16.7. The number of thiophene rings is 1. The van der Waals surface area contributed by atoms with Crippen LogP contribution < -0.4 is 11.1 Å². The third kappa shape index (κ3) is 4.32. The van der Waals surface area contributed by atoms with Gasteiger partial charge in [0.2, 0.25) is 5.91 Å². The number of aryl methyl sites for hydroxylation is 1. The summed E-state index contributed by atoms with van der Waals surface area (Å²) in [6.07, 6.45) is 1.35.